The van der Waals surface area contributed by atoms with Crippen molar-refractivity contribution in [1.82, 2.24) is 15.1 Å². The van der Waals surface area contributed by atoms with Crippen molar-refractivity contribution in [2.75, 3.05) is 0 Å². The van der Waals surface area contributed by atoms with Gasteiger partial charge in [-0.2, -0.15) is 4.68 Å². The smallest absolute Gasteiger partial charge is 0.358 e. The quantitative estimate of drug-likeness (QED) is 0.653. The number of nitrogens with one attached hydrogen (secondary N) is 1. The number of hydrogen-bond acceptors (Lipinski definition) is 4. The Morgan fingerprint density at radius 2 is 2.28 bits per heavy atom. The fraction of sp³-hybridized carbons (Fsp3) is 0.600. The van der Waals surface area contributed by atoms with Gasteiger partial charge in [0.25, 0.3) is 0 Å². The first-order valence-electron chi connectivity index (χ1n) is 5.53. The van der Waals surface area contributed by atoms with Gasteiger partial charge in [-0.3, -0.25) is 4.79 Å². The van der Waals surface area contributed by atoms with Gasteiger partial charge >= 0.3 is 5.82 Å². The van der Waals surface area contributed by atoms with Gasteiger partial charge in [0.1, 0.15) is 6.54 Å². The second kappa shape index (κ2) is 5.81. The molecular formula is C10H15ClN4O3. The van der Waals surface area contributed by atoms with Gasteiger partial charge in [-0.05, 0) is 25.2 Å². The molecule has 18 heavy (non-hydrogen) atoms. The van der Waals surface area contributed by atoms with Gasteiger partial charge in [-0.15, -0.1) is 0 Å². The number of carbonyl (C=O) groups is 1. The molecule has 0 aliphatic carbocycles. The zero-order valence-electron chi connectivity index (χ0n) is 10.4. The predicted molar refractivity (Wildman–Crippen MR) is 66.5 cm³/mol. The number of amides is 1. The van der Waals surface area contributed by atoms with Crippen LogP contribution < -0.4 is 5.32 Å². The van der Waals surface area contributed by atoms with Gasteiger partial charge in [0.05, 0.1) is 10.8 Å². The second-order valence-corrected chi connectivity index (χ2v) is 4.39. The number of nitrogens with zero attached hydrogens (tertiary/aromatic N) is 3. The SMILES string of the molecule is CC[C@@H](C)NC(=O)Cn1nc([N+](=O)[O-])c(Cl)c1C. The Morgan fingerprint density at radius 3 is 2.72 bits per heavy atom. The lowest BCUT2D eigenvalue weighted by molar-refractivity contribution is -0.389. The molecule has 1 aromatic rings. The number of rotatable bonds is 5. The molecule has 1 heterocycles. The molecule has 1 amide bonds. The third-order valence-electron chi connectivity index (χ3n) is 2.60. The number of aromatic nitrogens is 2. The molecule has 0 aliphatic rings. The van der Waals surface area contributed by atoms with Crippen LogP contribution in [0.1, 0.15) is 26.0 Å². The maximum Gasteiger partial charge on any atom is 0.408 e. The summed E-state index contributed by atoms with van der Waals surface area (Å²) in [5, 5.41) is 17.1. The molecule has 1 N–H and O–H groups in total. The molecule has 1 atom stereocenters. The van der Waals surface area contributed by atoms with Crippen LogP contribution in [0.2, 0.25) is 5.02 Å². The Labute approximate surface area is 109 Å². The largest absolute Gasteiger partial charge is 0.408 e. The van der Waals surface area contributed by atoms with E-state index in [4.69, 9.17) is 11.6 Å². The average molecular weight is 275 g/mol. The van der Waals surface area contributed by atoms with E-state index in [1.807, 2.05) is 13.8 Å². The van der Waals surface area contributed by atoms with Crippen molar-refractivity contribution in [2.24, 2.45) is 0 Å². The molecule has 0 aromatic carbocycles. The first kappa shape index (κ1) is 14.4. The highest BCUT2D eigenvalue weighted by molar-refractivity contribution is 6.33. The summed E-state index contributed by atoms with van der Waals surface area (Å²) in [6, 6.07) is 0.0545. The van der Waals surface area contributed by atoms with E-state index < -0.39 is 10.7 Å². The highest BCUT2D eigenvalue weighted by atomic mass is 35.5. The van der Waals surface area contributed by atoms with Crippen LogP contribution in [-0.2, 0) is 11.3 Å². The van der Waals surface area contributed by atoms with Gasteiger partial charge in [0.15, 0.2) is 5.02 Å². The summed E-state index contributed by atoms with van der Waals surface area (Å²) >= 11 is 5.77. The van der Waals surface area contributed by atoms with E-state index in [2.05, 4.69) is 10.4 Å². The normalized spacial score (nSPS) is 12.2. The highest BCUT2D eigenvalue weighted by Crippen LogP contribution is 2.26. The fourth-order valence-electron chi connectivity index (χ4n) is 1.34. The molecule has 1 aromatic heterocycles. The lowest BCUT2D eigenvalue weighted by atomic mass is 10.2. The molecule has 7 nitrogen and oxygen atoms in total. The third kappa shape index (κ3) is 3.19. The van der Waals surface area contributed by atoms with Crippen LogP contribution in [0.15, 0.2) is 0 Å². The fourth-order valence-corrected chi connectivity index (χ4v) is 1.54. The number of hydrogen-bond donors (Lipinski definition) is 1. The highest BCUT2D eigenvalue weighted by Gasteiger charge is 2.25. The summed E-state index contributed by atoms with van der Waals surface area (Å²) < 4.78 is 1.23. The molecule has 0 saturated carbocycles. The predicted octanol–water partition coefficient (Wildman–Crippen LogP) is 1.67. The van der Waals surface area contributed by atoms with Crippen LogP contribution >= 0.6 is 11.6 Å². The van der Waals surface area contributed by atoms with Gasteiger partial charge < -0.3 is 15.4 Å². The van der Waals surface area contributed by atoms with Gasteiger partial charge in [0, 0.05) is 6.04 Å². The van der Waals surface area contributed by atoms with Crippen LogP contribution in [0.3, 0.4) is 0 Å². The number of carbonyl (C=O) groups excluding carboxylic acids is 1. The average Bonchev–Trinajstić information content (AvgIpc) is 2.57. The molecule has 0 unspecified atom stereocenters. The van der Waals surface area contributed by atoms with Crippen LogP contribution in [-0.4, -0.2) is 26.7 Å². The maximum absolute atomic E-state index is 11.6. The summed E-state index contributed by atoms with van der Waals surface area (Å²) in [7, 11) is 0. The minimum absolute atomic E-state index is 0.0312. The monoisotopic (exact) mass is 274 g/mol. The molecule has 0 aliphatic heterocycles. The van der Waals surface area contributed by atoms with Crippen molar-refractivity contribution >= 4 is 23.3 Å². The lowest BCUT2D eigenvalue weighted by Gasteiger charge is -2.10. The van der Waals surface area contributed by atoms with E-state index in [-0.39, 0.29) is 23.5 Å². The second-order valence-electron chi connectivity index (χ2n) is 4.01. The van der Waals surface area contributed by atoms with Gasteiger partial charge in [-0.25, -0.2) is 0 Å². The Hall–Kier alpha value is -1.63. The van der Waals surface area contributed by atoms with E-state index in [0.717, 1.165) is 6.42 Å². The zero-order chi connectivity index (χ0) is 13.9. The first-order chi connectivity index (χ1) is 8.36. The van der Waals surface area contributed by atoms with Crippen LogP contribution in [0.5, 0.6) is 0 Å². The minimum atomic E-state index is -0.668. The summed E-state index contributed by atoms with van der Waals surface area (Å²) in [4.78, 5) is 21.6. The number of halogens is 1. The molecule has 0 fully saturated rings. The van der Waals surface area contributed by atoms with Crippen molar-refractivity contribution in [3.05, 3.63) is 20.8 Å². The van der Waals surface area contributed by atoms with E-state index in [1.165, 1.54) is 4.68 Å². The van der Waals surface area contributed by atoms with Crippen LogP contribution in [0.25, 0.3) is 0 Å². The molecule has 0 spiro atoms. The summed E-state index contributed by atoms with van der Waals surface area (Å²) in [6.45, 7) is 5.33. The lowest BCUT2D eigenvalue weighted by Crippen LogP contribution is -2.35. The van der Waals surface area contributed by atoms with E-state index in [1.54, 1.807) is 6.92 Å². The topological polar surface area (TPSA) is 90.1 Å². The molecular weight excluding hydrogens is 260 g/mol. The molecule has 0 radical (unpaired) electrons. The van der Waals surface area contributed by atoms with E-state index in [0.29, 0.717) is 5.69 Å². The Morgan fingerprint density at radius 1 is 1.67 bits per heavy atom. The molecule has 100 valence electrons. The van der Waals surface area contributed by atoms with E-state index >= 15 is 0 Å². The van der Waals surface area contributed by atoms with Crippen molar-refractivity contribution in [3.8, 4) is 0 Å². The number of nitro groups is 1. The summed E-state index contributed by atoms with van der Waals surface area (Å²) in [5.41, 5.74) is 0.405. The summed E-state index contributed by atoms with van der Waals surface area (Å²) in [5.74, 6) is -0.674. The van der Waals surface area contributed by atoms with Crippen molar-refractivity contribution < 1.29 is 9.72 Å². The first-order valence-corrected chi connectivity index (χ1v) is 5.91. The molecule has 0 saturated heterocycles. The zero-order valence-corrected chi connectivity index (χ0v) is 11.2. The standard InChI is InChI=1S/C10H15ClN4O3/c1-4-6(2)12-8(16)5-14-7(3)9(11)10(13-14)15(17)18/h6H,4-5H2,1-3H3,(H,12,16)/t6-/m1/s1. The molecule has 8 heteroatoms. The van der Waals surface area contributed by atoms with Crippen LogP contribution in [0, 0.1) is 17.0 Å². The Kier molecular flexibility index (Phi) is 4.66. The maximum atomic E-state index is 11.6. The van der Waals surface area contributed by atoms with Gasteiger partial charge in [-0.1, -0.05) is 18.5 Å². The third-order valence-corrected chi connectivity index (χ3v) is 3.05. The van der Waals surface area contributed by atoms with Crippen molar-refractivity contribution in [3.63, 3.8) is 0 Å². The molecule has 1 rings (SSSR count). The van der Waals surface area contributed by atoms with Crippen LogP contribution in [0.4, 0.5) is 5.82 Å². The Balaban J connectivity index is 2.82. The summed E-state index contributed by atoms with van der Waals surface area (Å²) in [6.07, 6.45) is 0.810. The van der Waals surface area contributed by atoms with Crippen molar-refractivity contribution in [1.29, 1.82) is 0 Å². The van der Waals surface area contributed by atoms with E-state index in [9.17, 15) is 14.9 Å². The Bertz CT molecular complexity index is 472. The van der Waals surface area contributed by atoms with Gasteiger partial charge in [0.2, 0.25) is 5.91 Å². The molecule has 0 bridgehead atoms. The minimum Gasteiger partial charge on any atom is -0.358 e. The van der Waals surface area contributed by atoms with Crippen molar-refractivity contribution in [2.45, 2.75) is 39.8 Å².